The second-order valence-electron chi connectivity index (χ2n) is 5.75. The van der Waals surface area contributed by atoms with E-state index in [-0.39, 0.29) is 18.0 Å². The Kier molecular flexibility index (Phi) is 3.46. The van der Waals surface area contributed by atoms with Crippen LogP contribution in [0.5, 0.6) is 0 Å². The molecule has 1 aromatic rings. The molecule has 6 heteroatoms. The number of aromatic nitrogens is 2. The van der Waals surface area contributed by atoms with Crippen molar-refractivity contribution in [1.82, 2.24) is 14.7 Å². The smallest absolute Gasteiger partial charge is 0.269 e. The molecule has 1 N–H and O–H groups in total. The van der Waals surface area contributed by atoms with Crippen LogP contribution in [0.1, 0.15) is 32.1 Å². The summed E-state index contributed by atoms with van der Waals surface area (Å²) < 4.78 is 1.23. The number of carbonyl (C=O) groups excluding carboxylic acids is 1. The topological polar surface area (TPSA) is 67.2 Å². The van der Waals surface area contributed by atoms with Crippen LogP contribution >= 0.6 is 0 Å². The molecule has 3 rings (SSSR count). The molecule has 0 radical (unpaired) electrons. The fourth-order valence-electron chi connectivity index (χ4n) is 2.32. The first-order chi connectivity index (χ1) is 9.63. The summed E-state index contributed by atoms with van der Waals surface area (Å²) in [6.07, 6.45) is 7.29. The lowest BCUT2D eigenvalue weighted by Gasteiger charge is -2.27. The normalized spacial score (nSPS) is 18.4. The minimum Gasteiger partial charge on any atom is -0.381 e. The van der Waals surface area contributed by atoms with Crippen molar-refractivity contribution in [3.05, 3.63) is 22.6 Å². The summed E-state index contributed by atoms with van der Waals surface area (Å²) in [5, 5.41) is 7.37. The van der Waals surface area contributed by atoms with Crippen molar-refractivity contribution in [2.24, 2.45) is 0 Å². The number of hydrogen-bond donors (Lipinski definition) is 1. The van der Waals surface area contributed by atoms with Gasteiger partial charge in [-0.15, -0.1) is 0 Å². The maximum atomic E-state index is 12.0. The fourth-order valence-corrected chi connectivity index (χ4v) is 2.32. The lowest BCUT2D eigenvalue weighted by Crippen LogP contribution is -2.36. The van der Waals surface area contributed by atoms with Crippen molar-refractivity contribution >= 4 is 11.6 Å². The van der Waals surface area contributed by atoms with Crippen molar-refractivity contribution < 1.29 is 4.79 Å². The molecule has 1 amide bonds. The molecule has 1 heterocycles. The predicted molar refractivity (Wildman–Crippen MR) is 75.6 cm³/mol. The van der Waals surface area contributed by atoms with Crippen LogP contribution < -0.4 is 10.9 Å². The van der Waals surface area contributed by atoms with E-state index in [1.54, 1.807) is 18.1 Å². The average Bonchev–Trinajstić information content (AvgIpc) is 3.20. The van der Waals surface area contributed by atoms with E-state index in [0.717, 1.165) is 31.4 Å². The maximum absolute atomic E-state index is 12.0. The highest BCUT2D eigenvalue weighted by Crippen LogP contribution is 2.25. The van der Waals surface area contributed by atoms with Crippen LogP contribution in [0, 0.1) is 0 Å². The van der Waals surface area contributed by atoms with Crippen LogP contribution in [0.4, 0.5) is 5.69 Å². The molecule has 0 unspecified atom stereocenters. The molecule has 6 nitrogen and oxygen atoms in total. The Morgan fingerprint density at radius 1 is 1.45 bits per heavy atom. The molecule has 0 aliphatic heterocycles. The Labute approximate surface area is 117 Å². The molecular formula is C14H20N4O2. The molecule has 2 aliphatic rings. The Hall–Kier alpha value is -1.85. The number of likely N-dealkylation sites (N-methyl/N-ethyl adjacent to an activating group) is 1. The highest BCUT2D eigenvalue weighted by atomic mass is 16.2. The van der Waals surface area contributed by atoms with E-state index in [1.165, 1.54) is 17.2 Å². The maximum Gasteiger partial charge on any atom is 0.269 e. The first-order valence-electron chi connectivity index (χ1n) is 7.23. The monoisotopic (exact) mass is 276 g/mol. The highest BCUT2D eigenvalue weighted by molar-refractivity contribution is 5.76. The Morgan fingerprint density at radius 3 is 2.75 bits per heavy atom. The summed E-state index contributed by atoms with van der Waals surface area (Å²) in [5.41, 5.74) is 0.519. The second kappa shape index (κ2) is 5.26. The van der Waals surface area contributed by atoms with Crippen molar-refractivity contribution in [3.8, 4) is 0 Å². The summed E-state index contributed by atoms with van der Waals surface area (Å²) in [4.78, 5) is 25.7. The van der Waals surface area contributed by atoms with E-state index in [1.807, 2.05) is 0 Å². The van der Waals surface area contributed by atoms with Crippen LogP contribution in [0.25, 0.3) is 0 Å². The highest BCUT2D eigenvalue weighted by Gasteiger charge is 2.29. The Bertz CT molecular complexity index is 561. The van der Waals surface area contributed by atoms with E-state index in [4.69, 9.17) is 0 Å². The number of nitrogens with one attached hydrogen (secondary N) is 1. The zero-order valence-electron chi connectivity index (χ0n) is 11.7. The van der Waals surface area contributed by atoms with E-state index in [9.17, 15) is 9.59 Å². The third-order valence-electron chi connectivity index (χ3n) is 4.12. The first-order valence-corrected chi connectivity index (χ1v) is 7.23. The SMILES string of the molecule is CN(C(=O)Cn1ncc(NC2CCC2)cc1=O)C1CC1. The van der Waals surface area contributed by atoms with Crippen molar-refractivity contribution in [2.45, 2.75) is 50.7 Å². The molecule has 2 saturated carbocycles. The molecule has 108 valence electrons. The molecule has 0 aromatic carbocycles. The summed E-state index contributed by atoms with van der Waals surface area (Å²) in [6.45, 7) is 0.0234. The molecular weight excluding hydrogens is 256 g/mol. The summed E-state index contributed by atoms with van der Waals surface area (Å²) in [6, 6.07) is 2.35. The van der Waals surface area contributed by atoms with Gasteiger partial charge in [-0.3, -0.25) is 9.59 Å². The molecule has 20 heavy (non-hydrogen) atoms. The predicted octanol–water partition coefficient (Wildman–Crippen LogP) is 0.828. The van der Waals surface area contributed by atoms with Gasteiger partial charge in [-0.25, -0.2) is 4.68 Å². The van der Waals surface area contributed by atoms with Gasteiger partial charge in [0.05, 0.1) is 11.9 Å². The lowest BCUT2D eigenvalue weighted by molar-refractivity contribution is -0.131. The molecule has 2 fully saturated rings. The van der Waals surface area contributed by atoms with Gasteiger partial charge < -0.3 is 10.2 Å². The third-order valence-corrected chi connectivity index (χ3v) is 4.12. The van der Waals surface area contributed by atoms with Crippen LogP contribution in [-0.2, 0) is 11.3 Å². The molecule has 0 atom stereocenters. The fraction of sp³-hybridized carbons (Fsp3) is 0.643. The minimum absolute atomic E-state index is 0.0234. The van der Waals surface area contributed by atoms with Gasteiger partial charge >= 0.3 is 0 Å². The van der Waals surface area contributed by atoms with Gasteiger partial charge in [0.2, 0.25) is 5.91 Å². The zero-order chi connectivity index (χ0) is 14.1. The van der Waals surface area contributed by atoms with Crippen LogP contribution in [0.3, 0.4) is 0 Å². The van der Waals surface area contributed by atoms with Crippen molar-refractivity contribution in [3.63, 3.8) is 0 Å². The van der Waals surface area contributed by atoms with Crippen LogP contribution in [-0.4, -0.2) is 39.7 Å². The summed E-state index contributed by atoms with van der Waals surface area (Å²) in [5.74, 6) is -0.0539. The molecule has 0 spiro atoms. The van der Waals surface area contributed by atoms with Crippen LogP contribution in [0.2, 0.25) is 0 Å². The second-order valence-corrected chi connectivity index (χ2v) is 5.75. The number of nitrogens with zero attached hydrogens (tertiary/aromatic N) is 3. The largest absolute Gasteiger partial charge is 0.381 e. The van der Waals surface area contributed by atoms with E-state index in [0.29, 0.717) is 12.1 Å². The van der Waals surface area contributed by atoms with Gasteiger partial charge in [0, 0.05) is 25.2 Å². The van der Waals surface area contributed by atoms with Gasteiger partial charge in [-0.05, 0) is 32.1 Å². The van der Waals surface area contributed by atoms with Gasteiger partial charge in [0.25, 0.3) is 5.56 Å². The van der Waals surface area contributed by atoms with Gasteiger partial charge in [-0.2, -0.15) is 5.10 Å². The summed E-state index contributed by atoms with van der Waals surface area (Å²) in [7, 11) is 1.79. The lowest BCUT2D eigenvalue weighted by atomic mass is 9.93. The molecule has 1 aromatic heterocycles. The Balaban J connectivity index is 1.64. The third kappa shape index (κ3) is 2.84. The molecule has 0 bridgehead atoms. The first kappa shape index (κ1) is 13.1. The number of carbonyl (C=O) groups is 1. The van der Waals surface area contributed by atoms with Gasteiger partial charge in [0.1, 0.15) is 6.54 Å². The average molecular weight is 276 g/mol. The summed E-state index contributed by atoms with van der Waals surface area (Å²) >= 11 is 0. The van der Waals surface area contributed by atoms with E-state index >= 15 is 0 Å². The van der Waals surface area contributed by atoms with E-state index < -0.39 is 0 Å². The van der Waals surface area contributed by atoms with E-state index in [2.05, 4.69) is 10.4 Å². The quantitative estimate of drug-likeness (QED) is 0.865. The molecule has 2 aliphatic carbocycles. The number of anilines is 1. The number of hydrogen-bond acceptors (Lipinski definition) is 4. The minimum atomic E-state index is -0.230. The van der Waals surface area contributed by atoms with Crippen molar-refractivity contribution in [2.75, 3.05) is 12.4 Å². The van der Waals surface area contributed by atoms with Gasteiger partial charge in [0.15, 0.2) is 0 Å². The number of rotatable bonds is 5. The zero-order valence-corrected chi connectivity index (χ0v) is 11.7. The Morgan fingerprint density at radius 2 is 2.20 bits per heavy atom. The van der Waals surface area contributed by atoms with Crippen LogP contribution in [0.15, 0.2) is 17.1 Å². The molecule has 0 saturated heterocycles. The van der Waals surface area contributed by atoms with Crippen molar-refractivity contribution in [1.29, 1.82) is 0 Å². The van der Waals surface area contributed by atoms with Gasteiger partial charge in [-0.1, -0.05) is 0 Å². The standard InChI is InChI=1S/C14H20N4O2/c1-17(12-5-6-12)14(20)9-18-13(19)7-11(8-15-18)16-10-3-2-4-10/h7-8,10,12,16H,2-6,9H2,1H3. The number of amides is 1.